The second-order valence-corrected chi connectivity index (χ2v) is 3.66. The molecule has 1 heterocycles. The first-order chi connectivity index (χ1) is 5.84. The Labute approximate surface area is 81.5 Å². The first-order valence-corrected chi connectivity index (χ1v) is 5.23. The summed E-state index contributed by atoms with van der Waals surface area (Å²) in [5.74, 6) is 0. The van der Waals surface area contributed by atoms with Crippen LogP contribution >= 0.6 is 15.9 Å². The Hall–Kier alpha value is -0.310. The smallest absolute Gasteiger partial charge is 0.205 e. The van der Waals surface area contributed by atoms with Gasteiger partial charge >= 0.3 is 0 Å². The van der Waals surface area contributed by atoms with Crippen LogP contribution in [0.3, 0.4) is 0 Å². The Bertz CT molecular complexity index is 222. The molecule has 0 amide bonds. The van der Waals surface area contributed by atoms with Crippen molar-refractivity contribution >= 4 is 15.9 Å². The van der Waals surface area contributed by atoms with Gasteiger partial charge in [0.1, 0.15) is 0 Å². The zero-order valence-corrected chi connectivity index (χ0v) is 8.93. The minimum atomic E-state index is 0.791. The Kier molecular flexibility index (Phi) is 4.36. The summed E-state index contributed by atoms with van der Waals surface area (Å²) in [4.78, 5) is 0. The van der Waals surface area contributed by atoms with Gasteiger partial charge in [0.2, 0.25) is 4.67 Å². The van der Waals surface area contributed by atoms with Gasteiger partial charge in [-0.05, 0) is 28.8 Å². The Balaban J connectivity index is 2.20. The quantitative estimate of drug-likeness (QED) is 0.725. The monoisotopic (exact) mass is 231 g/mol. The van der Waals surface area contributed by atoms with E-state index in [0.717, 1.165) is 11.1 Å². The normalized spacial score (nSPS) is 10.5. The Morgan fingerprint density at radius 1 is 1.42 bits per heavy atom. The molecule has 3 heteroatoms. The Morgan fingerprint density at radius 2 is 2.25 bits per heavy atom. The van der Waals surface area contributed by atoms with E-state index in [1.165, 1.54) is 31.2 Å². The van der Waals surface area contributed by atoms with Crippen LogP contribution in [0.25, 0.3) is 0 Å². The fourth-order valence-corrected chi connectivity index (χ4v) is 1.53. The van der Waals surface area contributed by atoms with Gasteiger partial charge in [-0.25, -0.2) is 0 Å². The summed E-state index contributed by atoms with van der Waals surface area (Å²) < 4.78 is 5.68. The van der Waals surface area contributed by atoms with E-state index in [1.807, 2.05) is 0 Å². The van der Waals surface area contributed by atoms with Gasteiger partial charge in [-0.1, -0.05) is 31.3 Å². The topological polar surface area (TPSA) is 26.0 Å². The van der Waals surface area contributed by atoms with E-state index < -0.39 is 0 Å². The first-order valence-electron chi connectivity index (χ1n) is 4.43. The first kappa shape index (κ1) is 9.78. The lowest BCUT2D eigenvalue weighted by Gasteiger charge is -1.96. The average Bonchev–Trinajstić information content (AvgIpc) is 2.46. The molecule has 0 aromatic carbocycles. The molecule has 0 fully saturated rings. The molecule has 1 aromatic heterocycles. The third kappa shape index (κ3) is 2.97. The molecule has 0 bridgehead atoms. The molecule has 1 rings (SSSR count). The molecule has 0 saturated heterocycles. The van der Waals surface area contributed by atoms with E-state index in [4.69, 9.17) is 4.52 Å². The lowest BCUT2D eigenvalue weighted by molar-refractivity contribution is 0.398. The van der Waals surface area contributed by atoms with Gasteiger partial charge in [-0.15, -0.1) is 0 Å². The molecule has 0 aliphatic heterocycles. The molecular weight excluding hydrogens is 218 g/mol. The van der Waals surface area contributed by atoms with E-state index in [1.54, 1.807) is 6.20 Å². The van der Waals surface area contributed by atoms with Gasteiger partial charge in [-0.2, -0.15) is 0 Å². The highest BCUT2D eigenvalue weighted by Crippen LogP contribution is 2.17. The van der Waals surface area contributed by atoms with E-state index in [-0.39, 0.29) is 0 Å². The summed E-state index contributed by atoms with van der Waals surface area (Å²) in [6.45, 7) is 2.22. The minimum Gasteiger partial charge on any atom is -0.349 e. The molecule has 0 radical (unpaired) electrons. The van der Waals surface area contributed by atoms with Crippen LogP contribution in [-0.4, -0.2) is 5.16 Å². The predicted molar refractivity (Wildman–Crippen MR) is 52.0 cm³/mol. The molecule has 0 spiro atoms. The highest BCUT2D eigenvalue weighted by Gasteiger charge is 2.02. The molecule has 0 unspecified atom stereocenters. The van der Waals surface area contributed by atoms with Crippen LogP contribution in [0.1, 0.15) is 38.2 Å². The molecule has 0 aliphatic carbocycles. The number of aromatic nitrogens is 1. The molecule has 1 aromatic rings. The van der Waals surface area contributed by atoms with Crippen molar-refractivity contribution in [2.24, 2.45) is 0 Å². The second-order valence-electron chi connectivity index (χ2n) is 2.94. The van der Waals surface area contributed by atoms with Crippen molar-refractivity contribution in [2.75, 3.05) is 0 Å². The third-order valence-electron chi connectivity index (χ3n) is 1.89. The molecule has 12 heavy (non-hydrogen) atoms. The van der Waals surface area contributed by atoms with Crippen LogP contribution in [0.5, 0.6) is 0 Å². The SMILES string of the molecule is CCCCCCc1cnoc1Br. The highest BCUT2D eigenvalue weighted by atomic mass is 79.9. The van der Waals surface area contributed by atoms with E-state index in [9.17, 15) is 0 Å². The number of nitrogens with zero attached hydrogens (tertiary/aromatic N) is 1. The van der Waals surface area contributed by atoms with Crippen molar-refractivity contribution in [2.45, 2.75) is 39.0 Å². The number of unbranched alkanes of at least 4 members (excludes halogenated alkanes) is 3. The maximum Gasteiger partial charge on any atom is 0.205 e. The zero-order chi connectivity index (χ0) is 8.81. The summed E-state index contributed by atoms with van der Waals surface area (Å²) in [6.07, 6.45) is 8.00. The number of hydrogen-bond donors (Lipinski definition) is 0. The summed E-state index contributed by atoms with van der Waals surface area (Å²) in [5, 5.41) is 3.70. The summed E-state index contributed by atoms with van der Waals surface area (Å²) in [5.41, 5.74) is 1.19. The molecule has 0 atom stereocenters. The average molecular weight is 232 g/mol. The molecule has 68 valence electrons. The van der Waals surface area contributed by atoms with Crippen LogP contribution < -0.4 is 0 Å². The van der Waals surface area contributed by atoms with Gasteiger partial charge in [-0.3, -0.25) is 0 Å². The number of rotatable bonds is 5. The van der Waals surface area contributed by atoms with Gasteiger partial charge in [0.05, 0.1) is 6.20 Å². The third-order valence-corrected chi connectivity index (χ3v) is 2.55. The lowest BCUT2D eigenvalue weighted by Crippen LogP contribution is -1.83. The van der Waals surface area contributed by atoms with Crippen molar-refractivity contribution in [1.29, 1.82) is 0 Å². The lowest BCUT2D eigenvalue weighted by atomic mass is 10.1. The zero-order valence-electron chi connectivity index (χ0n) is 7.35. The van der Waals surface area contributed by atoms with Crippen molar-refractivity contribution in [1.82, 2.24) is 5.16 Å². The minimum absolute atomic E-state index is 0.791. The van der Waals surface area contributed by atoms with Crippen molar-refractivity contribution in [3.63, 3.8) is 0 Å². The molecule has 0 saturated carbocycles. The number of aryl methyl sites for hydroxylation is 1. The van der Waals surface area contributed by atoms with Crippen LogP contribution in [0.4, 0.5) is 0 Å². The Morgan fingerprint density at radius 3 is 2.83 bits per heavy atom. The largest absolute Gasteiger partial charge is 0.349 e. The maximum atomic E-state index is 4.89. The highest BCUT2D eigenvalue weighted by molar-refractivity contribution is 9.10. The molecule has 2 nitrogen and oxygen atoms in total. The van der Waals surface area contributed by atoms with E-state index in [0.29, 0.717) is 0 Å². The van der Waals surface area contributed by atoms with Crippen LogP contribution in [0.15, 0.2) is 15.4 Å². The molecule has 0 aliphatic rings. The summed E-state index contributed by atoms with van der Waals surface area (Å²) >= 11 is 3.31. The molecular formula is C9H14BrNO. The fraction of sp³-hybridized carbons (Fsp3) is 0.667. The van der Waals surface area contributed by atoms with E-state index in [2.05, 4.69) is 28.0 Å². The van der Waals surface area contributed by atoms with Gasteiger partial charge in [0, 0.05) is 5.56 Å². The van der Waals surface area contributed by atoms with Crippen LogP contribution in [0, 0.1) is 0 Å². The number of halogens is 1. The summed E-state index contributed by atoms with van der Waals surface area (Å²) in [7, 11) is 0. The van der Waals surface area contributed by atoms with E-state index >= 15 is 0 Å². The summed E-state index contributed by atoms with van der Waals surface area (Å²) in [6, 6.07) is 0. The van der Waals surface area contributed by atoms with Crippen molar-refractivity contribution < 1.29 is 4.52 Å². The van der Waals surface area contributed by atoms with Gasteiger partial charge in [0.15, 0.2) is 0 Å². The van der Waals surface area contributed by atoms with Crippen LogP contribution in [0.2, 0.25) is 0 Å². The fourth-order valence-electron chi connectivity index (χ4n) is 1.15. The van der Waals surface area contributed by atoms with Crippen molar-refractivity contribution in [3.8, 4) is 0 Å². The molecule has 0 N–H and O–H groups in total. The van der Waals surface area contributed by atoms with Gasteiger partial charge in [0.25, 0.3) is 0 Å². The standard InChI is InChI=1S/C9H14BrNO/c1-2-3-4-5-6-8-7-11-12-9(8)10/h7H,2-6H2,1H3. The number of hydrogen-bond acceptors (Lipinski definition) is 2. The second kappa shape index (κ2) is 5.36. The maximum absolute atomic E-state index is 4.89. The van der Waals surface area contributed by atoms with Crippen LogP contribution in [-0.2, 0) is 6.42 Å². The van der Waals surface area contributed by atoms with Gasteiger partial charge < -0.3 is 4.52 Å². The predicted octanol–water partition coefficient (Wildman–Crippen LogP) is 3.56. The van der Waals surface area contributed by atoms with Crippen molar-refractivity contribution in [3.05, 3.63) is 16.4 Å².